The zero-order chi connectivity index (χ0) is 10.0. The van der Waals surface area contributed by atoms with Crippen molar-refractivity contribution in [2.45, 2.75) is 0 Å². The van der Waals surface area contributed by atoms with E-state index < -0.39 is 5.43 Å². The summed E-state index contributed by atoms with van der Waals surface area (Å²) >= 11 is 5.43. The minimum Gasteiger partial charge on any atom is -0.394 e. The SMILES string of the molecule is NC(N)=Nn1cc(N)c(=O)c(Cl)n1. The number of hydrogen-bond donors (Lipinski definition) is 3. The summed E-state index contributed by atoms with van der Waals surface area (Å²) in [7, 11) is 0. The second kappa shape index (κ2) is 3.31. The van der Waals surface area contributed by atoms with Gasteiger partial charge in [0.2, 0.25) is 16.5 Å². The predicted octanol–water partition coefficient (Wildman–Crippen LogP) is -1.48. The number of nitrogens with zero attached hydrogens (tertiary/aromatic N) is 3. The number of aromatic nitrogens is 2. The molecule has 6 N–H and O–H groups in total. The molecule has 7 nitrogen and oxygen atoms in total. The van der Waals surface area contributed by atoms with Gasteiger partial charge in [-0.1, -0.05) is 11.6 Å². The molecule has 70 valence electrons. The number of rotatable bonds is 1. The van der Waals surface area contributed by atoms with Crippen molar-refractivity contribution in [2.75, 3.05) is 5.73 Å². The molecule has 0 aromatic carbocycles. The van der Waals surface area contributed by atoms with E-state index in [4.69, 9.17) is 28.8 Å². The highest BCUT2D eigenvalue weighted by Crippen LogP contribution is 1.99. The predicted molar refractivity (Wildman–Crippen MR) is 49.1 cm³/mol. The van der Waals surface area contributed by atoms with Gasteiger partial charge in [-0.2, -0.15) is 4.79 Å². The Morgan fingerprint density at radius 1 is 1.62 bits per heavy atom. The molecule has 0 bridgehead atoms. The molecular formula is C5H7ClN6O. The number of anilines is 1. The molecule has 0 amide bonds. The van der Waals surface area contributed by atoms with Crippen LogP contribution in [-0.2, 0) is 0 Å². The van der Waals surface area contributed by atoms with Crippen LogP contribution in [0.25, 0.3) is 0 Å². The Labute approximate surface area is 77.8 Å². The maximum absolute atomic E-state index is 11.0. The molecule has 1 heterocycles. The van der Waals surface area contributed by atoms with Crippen LogP contribution in [0.5, 0.6) is 0 Å². The highest BCUT2D eigenvalue weighted by atomic mass is 35.5. The average molecular weight is 203 g/mol. The first-order valence-corrected chi connectivity index (χ1v) is 3.53. The summed E-state index contributed by atoms with van der Waals surface area (Å²) in [6.07, 6.45) is 1.16. The van der Waals surface area contributed by atoms with Crippen LogP contribution in [0.1, 0.15) is 0 Å². The second-order valence-corrected chi connectivity index (χ2v) is 2.51. The first kappa shape index (κ1) is 9.33. The van der Waals surface area contributed by atoms with Crippen molar-refractivity contribution in [1.82, 2.24) is 9.89 Å². The van der Waals surface area contributed by atoms with Gasteiger partial charge in [0, 0.05) is 0 Å². The highest BCUT2D eigenvalue weighted by Gasteiger charge is 2.03. The average Bonchev–Trinajstić information content (AvgIpc) is 1.98. The maximum Gasteiger partial charge on any atom is 0.242 e. The summed E-state index contributed by atoms with van der Waals surface area (Å²) in [5, 5.41) is 6.73. The van der Waals surface area contributed by atoms with Crippen LogP contribution in [0.2, 0.25) is 5.15 Å². The Bertz CT molecular complexity index is 380. The van der Waals surface area contributed by atoms with Gasteiger partial charge >= 0.3 is 0 Å². The van der Waals surface area contributed by atoms with Gasteiger partial charge in [0.1, 0.15) is 5.69 Å². The molecule has 0 atom stereocenters. The molecule has 0 aliphatic carbocycles. The fourth-order valence-electron chi connectivity index (χ4n) is 0.636. The molecule has 0 fully saturated rings. The van der Waals surface area contributed by atoms with Crippen LogP contribution in [-0.4, -0.2) is 15.8 Å². The van der Waals surface area contributed by atoms with E-state index in [2.05, 4.69) is 10.2 Å². The first-order valence-electron chi connectivity index (χ1n) is 3.15. The number of nitrogens with two attached hydrogens (primary N) is 3. The molecule has 0 spiro atoms. The van der Waals surface area contributed by atoms with Crippen molar-refractivity contribution >= 4 is 23.2 Å². The second-order valence-electron chi connectivity index (χ2n) is 2.15. The number of guanidine groups is 1. The van der Waals surface area contributed by atoms with Gasteiger partial charge in [-0.25, -0.2) is 0 Å². The maximum atomic E-state index is 11.0. The third kappa shape index (κ3) is 2.09. The lowest BCUT2D eigenvalue weighted by molar-refractivity contribution is 0.710. The van der Waals surface area contributed by atoms with Gasteiger partial charge in [0.05, 0.1) is 6.20 Å². The molecule has 0 aliphatic rings. The third-order valence-electron chi connectivity index (χ3n) is 1.11. The summed E-state index contributed by atoms with van der Waals surface area (Å²) in [4.78, 5) is 11.9. The molecule has 1 aromatic rings. The van der Waals surface area contributed by atoms with Crippen LogP contribution in [0.3, 0.4) is 0 Å². The molecule has 8 heteroatoms. The molecule has 1 aromatic heterocycles. The Kier molecular flexibility index (Phi) is 2.38. The fraction of sp³-hybridized carbons (Fsp3) is 0. The van der Waals surface area contributed by atoms with Gasteiger partial charge in [0.25, 0.3) is 0 Å². The van der Waals surface area contributed by atoms with E-state index >= 15 is 0 Å². The molecule has 0 aliphatic heterocycles. The number of halogens is 1. The molecular weight excluding hydrogens is 196 g/mol. The quantitative estimate of drug-likeness (QED) is 0.378. The minimum absolute atomic E-state index is 0.0787. The van der Waals surface area contributed by atoms with Crippen molar-refractivity contribution in [2.24, 2.45) is 16.6 Å². The third-order valence-corrected chi connectivity index (χ3v) is 1.36. The van der Waals surface area contributed by atoms with Crippen LogP contribution in [0, 0.1) is 0 Å². The Morgan fingerprint density at radius 3 is 2.69 bits per heavy atom. The number of hydrogen-bond acceptors (Lipinski definition) is 4. The Balaban J connectivity index is 3.29. The smallest absolute Gasteiger partial charge is 0.242 e. The largest absolute Gasteiger partial charge is 0.394 e. The van der Waals surface area contributed by atoms with E-state index in [0.29, 0.717) is 0 Å². The molecule has 0 saturated heterocycles. The number of nitrogen functional groups attached to an aromatic ring is 1. The molecule has 0 radical (unpaired) electrons. The standard InChI is InChI=1S/C5H7ClN6O/c6-4-3(13)2(7)1-12(10-4)11-5(8)9/h1H,7H2,(H4,8,9,11). The lowest BCUT2D eigenvalue weighted by Gasteiger charge is -1.99. The van der Waals surface area contributed by atoms with Crippen molar-refractivity contribution in [3.8, 4) is 0 Å². The summed E-state index contributed by atoms with van der Waals surface area (Å²) in [5.74, 6) is -0.216. The summed E-state index contributed by atoms with van der Waals surface area (Å²) < 4.78 is 0. The lowest BCUT2D eigenvalue weighted by atomic mass is 10.5. The van der Waals surface area contributed by atoms with Gasteiger partial charge in [-0.05, 0) is 0 Å². The monoisotopic (exact) mass is 202 g/mol. The summed E-state index contributed by atoms with van der Waals surface area (Å²) in [6.45, 7) is 0. The van der Waals surface area contributed by atoms with Gasteiger partial charge in [-0.15, -0.1) is 10.2 Å². The van der Waals surface area contributed by atoms with Crippen LogP contribution in [0.15, 0.2) is 16.1 Å². The highest BCUT2D eigenvalue weighted by molar-refractivity contribution is 6.29. The lowest BCUT2D eigenvalue weighted by Crippen LogP contribution is -2.25. The van der Waals surface area contributed by atoms with Gasteiger partial charge < -0.3 is 17.2 Å². The van der Waals surface area contributed by atoms with Crippen LogP contribution in [0.4, 0.5) is 5.69 Å². The Morgan fingerprint density at radius 2 is 2.23 bits per heavy atom. The topological polar surface area (TPSA) is 125 Å². The van der Waals surface area contributed by atoms with E-state index in [-0.39, 0.29) is 16.8 Å². The zero-order valence-electron chi connectivity index (χ0n) is 6.44. The van der Waals surface area contributed by atoms with Crippen molar-refractivity contribution in [3.05, 3.63) is 21.6 Å². The van der Waals surface area contributed by atoms with Gasteiger partial charge in [-0.3, -0.25) is 4.79 Å². The normalized spacial score (nSPS) is 9.62. The van der Waals surface area contributed by atoms with Crippen LogP contribution >= 0.6 is 11.6 Å². The van der Waals surface area contributed by atoms with E-state index in [1.54, 1.807) is 0 Å². The fourth-order valence-corrected chi connectivity index (χ4v) is 0.822. The van der Waals surface area contributed by atoms with E-state index in [0.717, 1.165) is 11.0 Å². The van der Waals surface area contributed by atoms with Crippen molar-refractivity contribution in [1.29, 1.82) is 0 Å². The Hall–Kier alpha value is -1.76. The molecule has 1 rings (SSSR count). The minimum atomic E-state index is -0.552. The first-order chi connectivity index (χ1) is 6.00. The summed E-state index contributed by atoms with van der Waals surface area (Å²) in [5.41, 5.74) is 14.8. The molecule has 0 unspecified atom stereocenters. The summed E-state index contributed by atoms with van der Waals surface area (Å²) in [6, 6.07) is 0. The van der Waals surface area contributed by atoms with Crippen LogP contribution < -0.4 is 22.6 Å². The van der Waals surface area contributed by atoms with E-state index in [1.807, 2.05) is 0 Å². The molecule has 13 heavy (non-hydrogen) atoms. The van der Waals surface area contributed by atoms with Gasteiger partial charge in [0.15, 0.2) is 0 Å². The van der Waals surface area contributed by atoms with Crippen molar-refractivity contribution in [3.63, 3.8) is 0 Å². The van der Waals surface area contributed by atoms with Crippen molar-refractivity contribution < 1.29 is 0 Å². The zero-order valence-corrected chi connectivity index (χ0v) is 7.19. The van der Waals surface area contributed by atoms with E-state index in [1.165, 1.54) is 0 Å². The van der Waals surface area contributed by atoms with E-state index in [9.17, 15) is 4.79 Å². The molecule has 0 saturated carbocycles.